The summed E-state index contributed by atoms with van der Waals surface area (Å²) < 4.78 is 50.2. The molecule has 0 aliphatic rings. The molecule has 0 aromatic heterocycles. The minimum Gasteiger partial charge on any atom is -0.496 e. The lowest BCUT2D eigenvalue weighted by molar-refractivity contribution is -0.137. The van der Waals surface area contributed by atoms with Crippen LogP contribution in [0.15, 0.2) is 30.3 Å². The van der Waals surface area contributed by atoms with Crippen molar-refractivity contribution in [2.75, 3.05) is 27.8 Å². The zero-order chi connectivity index (χ0) is 21.1. The number of likely N-dealkylation sites (N-methyl/N-ethyl adjacent to an activating group) is 1. The molecule has 0 aliphatic heterocycles. The van der Waals surface area contributed by atoms with Crippen LogP contribution in [0.2, 0.25) is 0 Å². The second-order valence-corrected chi connectivity index (χ2v) is 6.17. The number of methoxy groups -OCH3 is 2. The van der Waals surface area contributed by atoms with Crippen molar-refractivity contribution in [1.82, 2.24) is 10.2 Å². The van der Waals surface area contributed by atoms with E-state index in [0.717, 1.165) is 0 Å². The number of fused-ring (bicyclic) bond motifs is 1. The summed E-state index contributed by atoms with van der Waals surface area (Å²) in [4.78, 5) is 13.5. The van der Waals surface area contributed by atoms with Crippen LogP contribution >= 0.6 is 12.2 Å². The van der Waals surface area contributed by atoms with Crippen LogP contribution in [0.5, 0.6) is 5.75 Å². The van der Waals surface area contributed by atoms with Crippen molar-refractivity contribution >= 4 is 39.9 Å². The van der Waals surface area contributed by atoms with E-state index in [1.807, 2.05) is 0 Å². The summed E-state index contributed by atoms with van der Waals surface area (Å²) in [7, 11) is 3.94. The zero-order valence-corrected chi connectivity index (χ0v) is 16.1. The van der Waals surface area contributed by atoms with E-state index >= 15 is 0 Å². The largest absolute Gasteiger partial charge is 0.496 e. The predicted octanol–water partition coefficient (Wildman–Crippen LogP) is 3.17. The molecule has 0 saturated heterocycles. The highest BCUT2D eigenvalue weighted by atomic mass is 32.1. The van der Waals surface area contributed by atoms with E-state index in [9.17, 15) is 18.0 Å². The number of nitrogens with one attached hydrogen (secondary N) is 2. The first-order valence-electron chi connectivity index (χ1n) is 7.95. The van der Waals surface area contributed by atoms with Gasteiger partial charge in [0.1, 0.15) is 16.3 Å². The van der Waals surface area contributed by atoms with Crippen molar-refractivity contribution in [3.8, 4) is 5.75 Å². The average Bonchev–Trinajstić information content (AvgIpc) is 2.64. The molecule has 0 spiro atoms. The number of ether oxygens (including phenoxy) is 2. The molecule has 0 aliphatic carbocycles. The van der Waals surface area contributed by atoms with Crippen LogP contribution in [0.4, 0.5) is 13.2 Å². The maximum atomic E-state index is 13.6. The lowest BCUT2D eigenvalue weighted by Gasteiger charge is -2.22. The van der Waals surface area contributed by atoms with Gasteiger partial charge in [-0.1, -0.05) is 30.4 Å². The molecule has 150 valence electrons. The van der Waals surface area contributed by atoms with Gasteiger partial charge < -0.3 is 14.4 Å². The molecule has 1 amide bonds. The molecule has 0 unspecified atom stereocenters. The summed E-state index contributed by atoms with van der Waals surface area (Å²) in [5.74, 6) is -0.830. The van der Waals surface area contributed by atoms with Gasteiger partial charge in [-0.15, -0.1) is 0 Å². The van der Waals surface area contributed by atoms with Gasteiger partial charge in [-0.25, -0.2) is 0 Å². The fourth-order valence-corrected chi connectivity index (χ4v) is 2.94. The third-order valence-corrected chi connectivity index (χ3v) is 4.47. The molecule has 2 rings (SSSR count). The number of hydrogen-bond acceptors (Lipinski definition) is 5. The molecule has 0 bridgehead atoms. The Balaban J connectivity index is 2.43. The third kappa shape index (κ3) is 4.50. The Morgan fingerprint density at radius 2 is 1.89 bits per heavy atom. The number of nitrogens with zero attached hydrogens (tertiary/aromatic N) is 1. The van der Waals surface area contributed by atoms with E-state index in [0.29, 0.717) is 5.56 Å². The summed E-state index contributed by atoms with van der Waals surface area (Å²) in [6, 6.07) is 6.72. The summed E-state index contributed by atoms with van der Waals surface area (Å²) in [6.45, 7) is -0.205. The topological polar surface area (TPSA) is 74.7 Å². The number of alkyl halides is 3. The van der Waals surface area contributed by atoms with Crippen LogP contribution < -0.4 is 10.1 Å². The molecule has 10 heteroatoms. The fraction of sp³-hybridized carbons (Fsp3) is 0.278. The predicted molar refractivity (Wildman–Crippen MR) is 103 cm³/mol. The zero-order valence-electron chi connectivity index (χ0n) is 15.3. The van der Waals surface area contributed by atoms with E-state index < -0.39 is 23.7 Å². The van der Waals surface area contributed by atoms with Crippen LogP contribution in [0.3, 0.4) is 0 Å². The van der Waals surface area contributed by atoms with Crippen LogP contribution in [0.25, 0.3) is 10.8 Å². The highest BCUT2D eigenvalue weighted by Crippen LogP contribution is 2.41. The smallest absolute Gasteiger partial charge is 0.420 e. The number of carbonyl (C=O) groups is 1. The van der Waals surface area contributed by atoms with Gasteiger partial charge in [0.05, 0.1) is 20.8 Å². The second kappa shape index (κ2) is 8.42. The van der Waals surface area contributed by atoms with Gasteiger partial charge in [0.2, 0.25) is 5.91 Å². The van der Waals surface area contributed by atoms with E-state index in [1.54, 1.807) is 6.07 Å². The summed E-state index contributed by atoms with van der Waals surface area (Å²) >= 11 is 5.38. The Morgan fingerprint density at radius 3 is 2.46 bits per heavy atom. The standard InChI is InChI=1S/C18H18F3N3O3S/c1-24(9-14(25)23-17(22)27-3)16(28)12-6-4-5-11-10(12)7-8-13(26-2)15(11)18(19,20)21/h4-8H,9H2,1-3H3,(H2,22,23,25). The van der Waals surface area contributed by atoms with Crippen molar-refractivity contribution < 1.29 is 27.4 Å². The molecule has 6 nitrogen and oxygen atoms in total. The molecular formula is C18H18F3N3O3S. The Morgan fingerprint density at radius 1 is 1.21 bits per heavy atom. The molecule has 0 radical (unpaired) electrons. The van der Waals surface area contributed by atoms with Crippen molar-refractivity contribution in [2.24, 2.45) is 0 Å². The second-order valence-electron chi connectivity index (χ2n) is 5.78. The van der Waals surface area contributed by atoms with E-state index in [2.05, 4.69) is 10.1 Å². The number of amides is 1. The fourth-order valence-electron chi connectivity index (χ4n) is 2.70. The third-order valence-electron chi connectivity index (χ3n) is 3.94. The van der Waals surface area contributed by atoms with Gasteiger partial charge >= 0.3 is 6.18 Å². The molecule has 2 aromatic carbocycles. The molecule has 0 fully saturated rings. The Kier molecular flexibility index (Phi) is 6.45. The first-order valence-corrected chi connectivity index (χ1v) is 8.35. The SMILES string of the molecule is COC(=N)NC(=O)CN(C)C(=S)c1cccc2c(C(F)(F)F)c(OC)ccc12. The number of benzene rings is 2. The minimum absolute atomic E-state index is 0.0503. The highest BCUT2D eigenvalue weighted by Gasteiger charge is 2.36. The van der Waals surface area contributed by atoms with E-state index in [4.69, 9.17) is 22.4 Å². The van der Waals surface area contributed by atoms with Crippen LogP contribution in [-0.2, 0) is 15.7 Å². The molecule has 28 heavy (non-hydrogen) atoms. The van der Waals surface area contributed by atoms with E-state index in [1.165, 1.54) is 50.4 Å². The van der Waals surface area contributed by atoms with E-state index in [-0.39, 0.29) is 28.1 Å². The maximum Gasteiger partial charge on any atom is 0.420 e. The number of rotatable bonds is 4. The molecule has 0 atom stereocenters. The van der Waals surface area contributed by atoms with Crippen molar-refractivity contribution in [3.05, 3.63) is 41.5 Å². The summed E-state index contributed by atoms with van der Waals surface area (Å²) in [6.07, 6.45) is -4.61. The first kappa shape index (κ1) is 21.4. The maximum absolute atomic E-state index is 13.6. The lowest BCUT2D eigenvalue weighted by Crippen LogP contribution is -2.40. The number of thiocarbonyl (C=S) groups is 1. The Bertz CT molecular complexity index is 931. The Labute approximate surface area is 164 Å². The summed E-state index contributed by atoms with van der Waals surface area (Å²) in [5, 5.41) is 9.73. The number of hydrogen-bond donors (Lipinski definition) is 2. The molecule has 2 N–H and O–H groups in total. The van der Waals surface area contributed by atoms with Gasteiger partial charge in [0.15, 0.2) is 0 Å². The monoisotopic (exact) mass is 413 g/mol. The normalized spacial score (nSPS) is 11.1. The first-order chi connectivity index (χ1) is 13.1. The van der Waals surface area contributed by atoms with Crippen LogP contribution in [0.1, 0.15) is 11.1 Å². The minimum atomic E-state index is -4.61. The number of amidine groups is 1. The van der Waals surface area contributed by atoms with Crippen LogP contribution in [0, 0.1) is 5.41 Å². The van der Waals surface area contributed by atoms with Gasteiger partial charge in [-0.3, -0.25) is 15.5 Å². The lowest BCUT2D eigenvalue weighted by atomic mass is 9.98. The molecule has 2 aromatic rings. The van der Waals surface area contributed by atoms with Gasteiger partial charge in [0, 0.05) is 12.6 Å². The van der Waals surface area contributed by atoms with Gasteiger partial charge in [-0.05, 0) is 22.9 Å². The van der Waals surface area contributed by atoms with Gasteiger partial charge in [0.25, 0.3) is 6.02 Å². The molecule has 0 saturated carbocycles. The van der Waals surface area contributed by atoms with Crippen molar-refractivity contribution in [1.29, 1.82) is 5.41 Å². The molecule has 0 heterocycles. The quantitative estimate of drug-likeness (QED) is 0.458. The Hall–Kier alpha value is -2.88. The van der Waals surface area contributed by atoms with Crippen LogP contribution in [-0.4, -0.2) is 49.6 Å². The van der Waals surface area contributed by atoms with Crippen molar-refractivity contribution in [3.63, 3.8) is 0 Å². The highest BCUT2D eigenvalue weighted by molar-refractivity contribution is 7.80. The average molecular weight is 413 g/mol. The number of carbonyl (C=O) groups excluding carboxylic acids is 1. The van der Waals surface area contributed by atoms with Gasteiger partial charge in [-0.2, -0.15) is 13.2 Å². The summed E-state index contributed by atoms with van der Waals surface area (Å²) in [5.41, 5.74) is -0.510. The molecular weight excluding hydrogens is 395 g/mol. The number of halogens is 3. The van der Waals surface area contributed by atoms with Crippen molar-refractivity contribution in [2.45, 2.75) is 6.18 Å².